The van der Waals surface area contributed by atoms with E-state index in [1.807, 2.05) is 12.1 Å². The summed E-state index contributed by atoms with van der Waals surface area (Å²) >= 11 is 0. The van der Waals surface area contributed by atoms with Crippen LogP contribution in [0.25, 0.3) is 0 Å². The first-order valence-corrected chi connectivity index (χ1v) is 5.60. The van der Waals surface area contributed by atoms with E-state index in [1.54, 1.807) is 6.92 Å². The minimum atomic E-state index is -0.467. The van der Waals surface area contributed by atoms with Crippen LogP contribution in [0, 0.1) is 0 Å². The summed E-state index contributed by atoms with van der Waals surface area (Å²) in [5.74, 6) is 1.55. The van der Waals surface area contributed by atoms with E-state index in [4.69, 9.17) is 9.47 Å². The van der Waals surface area contributed by atoms with Gasteiger partial charge in [-0.15, -0.1) is 0 Å². The highest BCUT2D eigenvalue weighted by molar-refractivity contribution is 5.50. The maximum Gasteiger partial charge on any atom is 0.165 e. The van der Waals surface area contributed by atoms with Gasteiger partial charge in [0.1, 0.15) is 12.2 Å². The van der Waals surface area contributed by atoms with E-state index in [0.717, 1.165) is 17.9 Å². The molecule has 0 bridgehead atoms. The van der Waals surface area contributed by atoms with Gasteiger partial charge >= 0.3 is 0 Å². The highest BCUT2D eigenvalue weighted by atomic mass is 16.5. The molecule has 0 saturated carbocycles. The van der Waals surface area contributed by atoms with Crippen LogP contribution in [-0.2, 0) is 6.42 Å². The van der Waals surface area contributed by atoms with E-state index in [-0.39, 0.29) is 5.60 Å². The molecule has 3 heteroatoms. The number of hydrogen-bond acceptors (Lipinski definition) is 3. The molecule has 0 radical (unpaired) electrons. The summed E-state index contributed by atoms with van der Waals surface area (Å²) in [6.07, 6.45) is 0.430. The van der Waals surface area contributed by atoms with Crippen molar-refractivity contribution in [2.24, 2.45) is 0 Å². The fourth-order valence-corrected chi connectivity index (χ4v) is 1.91. The summed E-state index contributed by atoms with van der Waals surface area (Å²) in [5.41, 5.74) is 1.01. The third-order valence-electron chi connectivity index (χ3n) is 2.54. The van der Waals surface area contributed by atoms with E-state index in [2.05, 4.69) is 19.9 Å². The topological polar surface area (TPSA) is 38.7 Å². The smallest absolute Gasteiger partial charge is 0.165 e. The van der Waals surface area contributed by atoms with Crippen LogP contribution >= 0.6 is 0 Å². The van der Waals surface area contributed by atoms with Gasteiger partial charge in [-0.2, -0.15) is 0 Å². The van der Waals surface area contributed by atoms with Gasteiger partial charge in [0.15, 0.2) is 11.5 Å². The van der Waals surface area contributed by atoms with Crippen LogP contribution in [0.2, 0.25) is 0 Å². The lowest BCUT2D eigenvalue weighted by Gasteiger charge is -2.18. The number of rotatable bonds is 3. The normalized spacial score (nSPS) is 18.8. The first-order valence-electron chi connectivity index (χ1n) is 5.60. The molecule has 88 valence electrons. The highest BCUT2D eigenvalue weighted by Crippen LogP contribution is 2.41. The van der Waals surface area contributed by atoms with Crippen LogP contribution in [0.5, 0.6) is 11.5 Å². The molecule has 0 saturated heterocycles. The second-order valence-electron chi connectivity index (χ2n) is 4.94. The van der Waals surface area contributed by atoms with E-state index >= 15 is 0 Å². The molecule has 2 rings (SSSR count). The van der Waals surface area contributed by atoms with E-state index in [0.29, 0.717) is 6.61 Å². The standard InChI is InChI=1S/C13H18O3/c1-9(14)8-15-11-6-4-5-10-7-13(2,3)16-12(10)11/h4-6,9,14H,7-8H2,1-3H3/t9-/m1/s1. The van der Waals surface area contributed by atoms with E-state index < -0.39 is 6.10 Å². The van der Waals surface area contributed by atoms with Gasteiger partial charge in [-0.25, -0.2) is 0 Å². The summed E-state index contributed by atoms with van der Waals surface area (Å²) in [4.78, 5) is 0. The summed E-state index contributed by atoms with van der Waals surface area (Å²) in [7, 11) is 0. The first-order chi connectivity index (χ1) is 7.48. The Balaban J connectivity index is 2.20. The second kappa shape index (κ2) is 3.98. The Kier molecular flexibility index (Phi) is 2.80. The molecule has 1 aliphatic heterocycles. The van der Waals surface area contributed by atoms with Gasteiger partial charge in [-0.05, 0) is 26.8 Å². The zero-order valence-electron chi connectivity index (χ0n) is 9.99. The highest BCUT2D eigenvalue weighted by Gasteiger charge is 2.32. The Morgan fingerprint density at radius 3 is 2.94 bits per heavy atom. The molecule has 0 aliphatic carbocycles. The zero-order valence-corrected chi connectivity index (χ0v) is 9.99. The zero-order chi connectivity index (χ0) is 11.8. The summed E-state index contributed by atoms with van der Waals surface area (Å²) in [5, 5.41) is 9.20. The molecule has 0 aromatic heterocycles. The van der Waals surface area contributed by atoms with E-state index in [9.17, 15) is 5.11 Å². The molecule has 3 nitrogen and oxygen atoms in total. The monoisotopic (exact) mass is 222 g/mol. The molecule has 1 aliphatic rings. The maximum absolute atomic E-state index is 9.20. The predicted molar refractivity (Wildman–Crippen MR) is 62.0 cm³/mol. The van der Waals surface area contributed by atoms with E-state index in [1.165, 1.54) is 5.56 Å². The Bertz CT molecular complexity index is 383. The van der Waals surface area contributed by atoms with Crippen molar-refractivity contribution < 1.29 is 14.6 Å². The van der Waals surface area contributed by atoms with Crippen molar-refractivity contribution in [1.29, 1.82) is 0 Å². The van der Waals surface area contributed by atoms with Crippen molar-refractivity contribution in [3.05, 3.63) is 23.8 Å². The molecule has 1 atom stereocenters. The van der Waals surface area contributed by atoms with Gasteiger partial charge in [-0.1, -0.05) is 12.1 Å². The van der Waals surface area contributed by atoms with Crippen LogP contribution in [0.15, 0.2) is 18.2 Å². The number of fused-ring (bicyclic) bond motifs is 1. The van der Waals surface area contributed by atoms with Crippen molar-refractivity contribution in [2.75, 3.05) is 6.61 Å². The molecular weight excluding hydrogens is 204 g/mol. The Labute approximate surface area is 96.0 Å². The average molecular weight is 222 g/mol. The van der Waals surface area contributed by atoms with Crippen LogP contribution in [-0.4, -0.2) is 23.4 Å². The molecule has 0 amide bonds. The lowest BCUT2D eigenvalue weighted by molar-refractivity contribution is 0.108. The van der Waals surface area contributed by atoms with Crippen molar-refractivity contribution in [1.82, 2.24) is 0 Å². The summed E-state index contributed by atoms with van der Waals surface area (Å²) in [6.45, 7) is 6.12. The molecule has 0 spiro atoms. The molecule has 0 fully saturated rings. The maximum atomic E-state index is 9.20. The van der Waals surface area contributed by atoms with Crippen LogP contribution in [0.3, 0.4) is 0 Å². The molecule has 16 heavy (non-hydrogen) atoms. The number of aliphatic hydroxyl groups excluding tert-OH is 1. The minimum absolute atomic E-state index is 0.160. The summed E-state index contributed by atoms with van der Waals surface area (Å²) < 4.78 is 11.4. The van der Waals surface area contributed by atoms with Gasteiger partial charge in [0.2, 0.25) is 0 Å². The first kappa shape index (κ1) is 11.3. The second-order valence-corrected chi connectivity index (χ2v) is 4.94. The number of benzene rings is 1. The third kappa shape index (κ3) is 2.30. The molecule has 0 unspecified atom stereocenters. The Hall–Kier alpha value is -1.22. The fraction of sp³-hybridized carbons (Fsp3) is 0.538. The van der Waals surface area contributed by atoms with Crippen molar-refractivity contribution in [3.63, 3.8) is 0 Å². The fourth-order valence-electron chi connectivity index (χ4n) is 1.91. The van der Waals surface area contributed by atoms with Gasteiger partial charge in [0.25, 0.3) is 0 Å². The lowest BCUT2D eigenvalue weighted by Crippen LogP contribution is -2.24. The van der Waals surface area contributed by atoms with Crippen LogP contribution in [0.4, 0.5) is 0 Å². The predicted octanol–water partition coefficient (Wildman–Crippen LogP) is 2.16. The van der Waals surface area contributed by atoms with Crippen molar-refractivity contribution >= 4 is 0 Å². The largest absolute Gasteiger partial charge is 0.487 e. The van der Waals surface area contributed by atoms with Gasteiger partial charge in [-0.3, -0.25) is 0 Å². The molecule has 1 aromatic carbocycles. The third-order valence-corrected chi connectivity index (χ3v) is 2.54. The molecule has 1 aromatic rings. The van der Waals surface area contributed by atoms with Crippen molar-refractivity contribution in [3.8, 4) is 11.5 Å². The quantitative estimate of drug-likeness (QED) is 0.851. The van der Waals surface area contributed by atoms with Crippen LogP contribution < -0.4 is 9.47 Å². The molecule has 1 N–H and O–H groups in total. The van der Waals surface area contributed by atoms with Crippen molar-refractivity contribution in [2.45, 2.75) is 38.9 Å². The van der Waals surface area contributed by atoms with Gasteiger partial charge < -0.3 is 14.6 Å². The minimum Gasteiger partial charge on any atom is -0.487 e. The molecule has 1 heterocycles. The van der Waals surface area contributed by atoms with Crippen LogP contribution in [0.1, 0.15) is 26.3 Å². The number of hydrogen-bond donors (Lipinski definition) is 1. The Morgan fingerprint density at radius 2 is 2.25 bits per heavy atom. The number of ether oxygens (including phenoxy) is 2. The van der Waals surface area contributed by atoms with Gasteiger partial charge in [0.05, 0.1) is 6.10 Å². The number of aliphatic hydroxyl groups is 1. The average Bonchev–Trinajstić information content (AvgIpc) is 2.48. The lowest BCUT2D eigenvalue weighted by atomic mass is 10.0. The molecular formula is C13H18O3. The van der Waals surface area contributed by atoms with Gasteiger partial charge in [0, 0.05) is 12.0 Å². The Morgan fingerprint density at radius 1 is 1.50 bits per heavy atom. The summed E-state index contributed by atoms with van der Waals surface area (Å²) in [6, 6.07) is 5.89. The number of para-hydroxylation sites is 1. The SMILES string of the molecule is C[C@@H](O)COc1cccc2c1OC(C)(C)C2.